The fourth-order valence-corrected chi connectivity index (χ4v) is 4.13. The quantitative estimate of drug-likeness (QED) is 0.0876. The minimum absolute atomic E-state index is 0.0201. The van der Waals surface area contributed by atoms with E-state index in [2.05, 4.69) is 6.58 Å². The summed E-state index contributed by atoms with van der Waals surface area (Å²) in [6.07, 6.45) is -4.16. The number of aromatic hydroxyl groups is 2. The molecule has 0 radical (unpaired) electrons. The van der Waals surface area contributed by atoms with Crippen LogP contribution in [-0.2, 0) is 28.5 Å². The molecule has 208 valence electrons. The minimum Gasteiger partial charge on any atom is -0.504 e. The lowest BCUT2D eigenvalue weighted by Crippen LogP contribution is -2.60. The number of phenolic OH excluding ortho intramolecular Hbond substituents is 2. The average molecular weight is 539 g/mol. The molecule has 2 aliphatic heterocycles. The van der Waals surface area contributed by atoms with Crippen LogP contribution in [0.4, 0.5) is 0 Å². The summed E-state index contributed by atoms with van der Waals surface area (Å²) in [7, 11) is 0. The van der Waals surface area contributed by atoms with Crippen LogP contribution in [0.15, 0.2) is 48.8 Å². The fourth-order valence-electron chi connectivity index (χ4n) is 4.13. The summed E-state index contributed by atoms with van der Waals surface area (Å²) in [5.74, 6) is -4.33. The van der Waals surface area contributed by atoms with Crippen LogP contribution in [0.1, 0.15) is 12.0 Å². The van der Waals surface area contributed by atoms with Crippen molar-refractivity contribution < 1.29 is 64.3 Å². The Morgan fingerprint density at radius 3 is 2.42 bits per heavy atom. The van der Waals surface area contributed by atoms with Gasteiger partial charge in [0.1, 0.15) is 24.4 Å². The van der Waals surface area contributed by atoms with Gasteiger partial charge in [-0.2, -0.15) is 0 Å². The van der Waals surface area contributed by atoms with E-state index in [9.17, 15) is 45.3 Å². The van der Waals surface area contributed by atoms with Gasteiger partial charge in [-0.25, -0.2) is 9.59 Å². The molecule has 1 saturated heterocycles. The Hall–Kier alpha value is -3.46. The van der Waals surface area contributed by atoms with Gasteiger partial charge in [-0.1, -0.05) is 12.1 Å². The standard InChI is InChI=1S/C25H30O13/c1-2-13-14(7-8-35-19(29)6-4-12-3-5-16(27)17(28)9-12)15(23(33)34)11-36-24(13)38-25-22(32)21(31)20(30)18(10-26)37-25/h2-6,9,11,13-14,18,20-22,24-28,30-32H,1,7-8,10H2,(H,33,34)/b6-4+/t13-,14-,18+,20+,21-,22+,24-,25-/m0/s1. The summed E-state index contributed by atoms with van der Waals surface area (Å²) in [4.78, 5) is 23.9. The van der Waals surface area contributed by atoms with E-state index in [0.29, 0.717) is 5.56 Å². The normalized spacial score (nSPS) is 31.3. The molecule has 1 fully saturated rings. The number of hydrogen-bond acceptors (Lipinski definition) is 12. The second-order valence-corrected chi connectivity index (χ2v) is 8.67. The van der Waals surface area contributed by atoms with Gasteiger partial charge in [-0.05, 0) is 30.2 Å². The summed E-state index contributed by atoms with van der Waals surface area (Å²) in [6.45, 7) is 2.83. The lowest BCUT2D eigenvalue weighted by molar-refractivity contribution is -0.339. The van der Waals surface area contributed by atoms with Gasteiger partial charge in [0.25, 0.3) is 0 Å². The maximum atomic E-state index is 12.1. The Kier molecular flexibility index (Phi) is 9.85. The van der Waals surface area contributed by atoms with E-state index in [-0.39, 0.29) is 30.1 Å². The van der Waals surface area contributed by atoms with E-state index < -0.39 is 67.4 Å². The van der Waals surface area contributed by atoms with E-state index in [1.807, 2.05) is 0 Å². The summed E-state index contributed by atoms with van der Waals surface area (Å²) >= 11 is 0. The molecule has 0 aromatic heterocycles. The second-order valence-electron chi connectivity index (χ2n) is 8.67. The summed E-state index contributed by atoms with van der Waals surface area (Å²) in [6, 6.07) is 3.97. The second kappa shape index (κ2) is 12.9. The molecule has 0 bridgehead atoms. The predicted octanol–water partition coefficient (Wildman–Crippen LogP) is -0.396. The first-order valence-corrected chi connectivity index (χ1v) is 11.6. The van der Waals surface area contributed by atoms with Crippen LogP contribution < -0.4 is 0 Å². The molecule has 1 aromatic carbocycles. The molecule has 0 unspecified atom stereocenters. The highest BCUT2D eigenvalue weighted by Crippen LogP contribution is 2.36. The van der Waals surface area contributed by atoms with Gasteiger partial charge in [0.15, 0.2) is 17.8 Å². The summed E-state index contributed by atoms with van der Waals surface area (Å²) in [5, 5.41) is 68.1. The smallest absolute Gasteiger partial charge is 0.334 e. The van der Waals surface area contributed by atoms with Gasteiger partial charge in [0.05, 0.1) is 25.0 Å². The lowest BCUT2D eigenvalue weighted by Gasteiger charge is -2.43. The van der Waals surface area contributed by atoms with Crippen molar-refractivity contribution in [1.82, 2.24) is 0 Å². The van der Waals surface area contributed by atoms with Gasteiger partial charge in [0, 0.05) is 17.9 Å². The van der Waals surface area contributed by atoms with Crippen molar-refractivity contribution in [3.63, 3.8) is 0 Å². The van der Waals surface area contributed by atoms with Crippen LogP contribution in [-0.4, -0.2) is 97.9 Å². The molecule has 0 aliphatic carbocycles. The number of esters is 1. The number of carbonyl (C=O) groups is 2. The monoisotopic (exact) mass is 538 g/mol. The zero-order chi connectivity index (χ0) is 28.0. The number of hydrogen-bond donors (Lipinski definition) is 7. The van der Waals surface area contributed by atoms with Crippen LogP contribution in [0.25, 0.3) is 6.08 Å². The molecule has 38 heavy (non-hydrogen) atoms. The predicted molar refractivity (Wildman–Crippen MR) is 127 cm³/mol. The van der Waals surface area contributed by atoms with Crippen LogP contribution >= 0.6 is 0 Å². The molecular formula is C25H30O13. The first-order valence-electron chi connectivity index (χ1n) is 11.6. The number of aliphatic hydroxyl groups excluding tert-OH is 4. The van der Waals surface area contributed by atoms with Crippen molar-refractivity contribution in [2.24, 2.45) is 11.8 Å². The molecule has 2 aliphatic rings. The Bertz CT molecular complexity index is 1070. The molecule has 7 N–H and O–H groups in total. The van der Waals surface area contributed by atoms with E-state index in [4.69, 9.17) is 18.9 Å². The number of benzene rings is 1. The SMILES string of the molecule is C=C[C@@H]1[C@H](O[C@@H]2O[C@H](CO)[C@@H](O)[C@H](O)[C@H]2O)OC=C(C(=O)O)[C@H]1CCOC(=O)/C=C/c1ccc(O)c(O)c1. The van der Waals surface area contributed by atoms with Crippen molar-refractivity contribution in [3.8, 4) is 11.5 Å². The molecule has 0 spiro atoms. The van der Waals surface area contributed by atoms with E-state index in [1.165, 1.54) is 30.4 Å². The topological polar surface area (TPSA) is 213 Å². The number of aliphatic carboxylic acids is 1. The Morgan fingerprint density at radius 1 is 1.05 bits per heavy atom. The van der Waals surface area contributed by atoms with Crippen molar-refractivity contribution in [2.45, 2.75) is 43.4 Å². The molecule has 8 atom stereocenters. The molecular weight excluding hydrogens is 508 g/mol. The van der Waals surface area contributed by atoms with E-state index in [1.54, 1.807) is 0 Å². The zero-order valence-electron chi connectivity index (χ0n) is 20.1. The highest BCUT2D eigenvalue weighted by Gasteiger charge is 2.47. The molecule has 0 amide bonds. The van der Waals surface area contributed by atoms with Crippen LogP contribution in [0, 0.1) is 11.8 Å². The van der Waals surface area contributed by atoms with E-state index in [0.717, 1.165) is 12.3 Å². The van der Waals surface area contributed by atoms with Gasteiger partial charge >= 0.3 is 11.9 Å². The molecule has 3 rings (SSSR count). The Labute approximate surface area is 217 Å². The first-order chi connectivity index (χ1) is 18.1. The van der Waals surface area contributed by atoms with Gasteiger partial charge in [-0.3, -0.25) is 0 Å². The Balaban J connectivity index is 1.65. The Morgan fingerprint density at radius 2 is 1.79 bits per heavy atom. The largest absolute Gasteiger partial charge is 0.504 e. The van der Waals surface area contributed by atoms with Gasteiger partial charge in [-0.15, -0.1) is 6.58 Å². The maximum Gasteiger partial charge on any atom is 0.334 e. The number of phenols is 2. The van der Waals surface area contributed by atoms with Crippen molar-refractivity contribution in [3.05, 3.63) is 54.3 Å². The third-order valence-electron chi connectivity index (χ3n) is 6.23. The molecule has 2 heterocycles. The average Bonchev–Trinajstić information content (AvgIpc) is 2.89. The third kappa shape index (κ3) is 6.69. The molecule has 13 nitrogen and oxygen atoms in total. The molecule has 0 saturated carbocycles. The van der Waals surface area contributed by atoms with Crippen molar-refractivity contribution in [1.29, 1.82) is 0 Å². The third-order valence-corrected chi connectivity index (χ3v) is 6.23. The van der Waals surface area contributed by atoms with Gasteiger partial charge in [0.2, 0.25) is 6.29 Å². The number of ether oxygens (including phenoxy) is 4. The first kappa shape index (κ1) is 29.1. The number of carbonyl (C=O) groups excluding carboxylic acids is 1. The van der Waals surface area contributed by atoms with E-state index >= 15 is 0 Å². The highest BCUT2D eigenvalue weighted by molar-refractivity contribution is 5.88. The maximum absolute atomic E-state index is 12.1. The minimum atomic E-state index is -1.70. The fraction of sp³-hybridized carbons (Fsp3) is 0.440. The summed E-state index contributed by atoms with van der Waals surface area (Å²) < 4.78 is 21.6. The van der Waals surface area contributed by atoms with Crippen molar-refractivity contribution in [2.75, 3.05) is 13.2 Å². The number of carboxylic acids is 1. The molecule has 1 aromatic rings. The zero-order valence-corrected chi connectivity index (χ0v) is 20.1. The number of carboxylic acid groups (broad SMARTS) is 1. The van der Waals surface area contributed by atoms with Crippen LogP contribution in [0.3, 0.4) is 0 Å². The lowest BCUT2D eigenvalue weighted by atomic mass is 9.82. The highest BCUT2D eigenvalue weighted by atomic mass is 16.8. The van der Waals surface area contributed by atoms with Crippen molar-refractivity contribution >= 4 is 18.0 Å². The number of rotatable bonds is 10. The van der Waals surface area contributed by atoms with Crippen LogP contribution in [0.2, 0.25) is 0 Å². The molecule has 13 heteroatoms. The number of aliphatic hydroxyl groups is 4. The van der Waals surface area contributed by atoms with Crippen LogP contribution in [0.5, 0.6) is 11.5 Å². The van der Waals surface area contributed by atoms with Gasteiger partial charge < -0.3 is 54.7 Å². The summed E-state index contributed by atoms with van der Waals surface area (Å²) in [5.41, 5.74) is 0.285.